The molecule has 0 saturated heterocycles. The van der Waals surface area contributed by atoms with Gasteiger partial charge in [-0.2, -0.15) is 5.26 Å². The van der Waals surface area contributed by atoms with Crippen molar-refractivity contribution in [3.05, 3.63) is 51.9 Å². The lowest BCUT2D eigenvalue weighted by Gasteiger charge is -2.21. The van der Waals surface area contributed by atoms with Crippen LogP contribution >= 0.6 is 22.9 Å². The Balaban J connectivity index is 2.32. The van der Waals surface area contributed by atoms with Gasteiger partial charge >= 0.3 is 0 Å². The van der Waals surface area contributed by atoms with Crippen molar-refractivity contribution >= 4 is 22.9 Å². The lowest BCUT2D eigenvalue weighted by molar-refractivity contribution is 0.296. The average Bonchev–Trinajstić information content (AvgIpc) is 2.41. The van der Waals surface area contributed by atoms with Crippen molar-refractivity contribution in [3.8, 4) is 22.9 Å². The van der Waals surface area contributed by atoms with Gasteiger partial charge in [0.2, 0.25) is 0 Å². The van der Waals surface area contributed by atoms with Gasteiger partial charge in [-0.1, -0.05) is 0 Å². The minimum atomic E-state index is -0.0714. The first-order valence-electron chi connectivity index (χ1n) is 5.29. The number of hydrogen-bond acceptors (Lipinski definition) is 3. The molecule has 0 N–H and O–H groups in total. The van der Waals surface area contributed by atoms with Gasteiger partial charge in [0.1, 0.15) is 12.4 Å². The highest BCUT2D eigenvalue weighted by Gasteiger charge is 2.20. The van der Waals surface area contributed by atoms with Crippen molar-refractivity contribution in [1.82, 2.24) is 2.78 Å². The summed E-state index contributed by atoms with van der Waals surface area (Å²) in [5.74, 6) is 0.747. The number of nitrogens with zero attached hydrogens (tertiary/aromatic N) is 2. The maximum absolute atomic E-state index is 11.6. The molecule has 2 aromatic rings. The van der Waals surface area contributed by atoms with Crippen LogP contribution in [0.5, 0.6) is 5.75 Å². The second kappa shape index (κ2) is 4.14. The Hall–Kier alpha value is -1.81. The number of nitriles is 1. The van der Waals surface area contributed by atoms with Gasteiger partial charge < -0.3 is 4.74 Å². The zero-order valence-electron chi connectivity index (χ0n) is 9.18. The Kier molecular flexibility index (Phi) is 2.59. The highest BCUT2D eigenvalue weighted by Crippen LogP contribution is 2.37. The molecule has 3 rings (SSSR count). The molecule has 0 radical (unpaired) electrons. The third kappa shape index (κ3) is 1.61. The molecule has 0 fully saturated rings. The Morgan fingerprint density at radius 1 is 1.28 bits per heavy atom. The Morgan fingerprint density at radius 2 is 2.11 bits per heavy atom. The van der Waals surface area contributed by atoms with Gasteiger partial charge in [-0.25, -0.2) is 2.78 Å². The van der Waals surface area contributed by atoms with Gasteiger partial charge in [0.25, 0.3) is 5.56 Å². The highest BCUT2D eigenvalue weighted by atomic mass is 127. The molecule has 2 heterocycles. The quantitative estimate of drug-likeness (QED) is 0.686. The first kappa shape index (κ1) is 11.3. The summed E-state index contributed by atoms with van der Waals surface area (Å²) in [7, 11) is 0. The fourth-order valence-electron chi connectivity index (χ4n) is 2.02. The highest BCUT2D eigenvalue weighted by molar-refractivity contribution is 14.1. The van der Waals surface area contributed by atoms with E-state index in [1.54, 1.807) is 27.0 Å². The third-order valence-electron chi connectivity index (χ3n) is 2.90. The number of fused-ring (bicyclic) bond motifs is 3. The predicted octanol–water partition coefficient (Wildman–Crippen LogP) is 2.48. The summed E-state index contributed by atoms with van der Waals surface area (Å²) in [4.78, 5) is 11.6. The topological polar surface area (TPSA) is 55.0 Å². The number of ether oxygens (including phenoxy) is 1. The first-order chi connectivity index (χ1) is 8.70. The molecular formula is C13H7IN2O2. The summed E-state index contributed by atoms with van der Waals surface area (Å²) in [6, 6.07) is 10.7. The largest absolute Gasteiger partial charge is 0.487 e. The van der Waals surface area contributed by atoms with E-state index < -0.39 is 0 Å². The molecule has 0 amide bonds. The molecule has 1 aromatic carbocycles. The Bertz CT molecular complexity index is 744. The van der Waals surface area contributed by atoms with Crippen molar-refractivity contribution in [2.45, 2.75) is 6.61 Å². The van der Waals surface area contributed by atoms with Crippen LogP contribution in [-0.2, 0) is 6.61 Å². The predicted molar refractivity (Wildman–Crippen MR) is 74.6 cm³/mol. The van der Waals surface area contributed by atoms with E-state index >= 15 is 0 Å². The number of benzene rings is 1. The van der Waals surface area contributed by atoms with Crippen LogP contribution in [0.4, 0.5) is 0 Å². The van der Waals surface area contributed by atoms with E-state index in [4.69, 9.17) is 10.00 Å². The minimum absolute atomic E-state index is 0.0714. The zero-order chi connectivity index (χ0) is 12.7. The van der Waals surface area contributed by atoms with Crippen LogP contribution < -0.4 is 10.3 Å². The van der Waals surface area contributed by atoms with Crippen LogP contribution in [0.2, 0.25) is 0 Å². The molecule has 4 nitrogen and oxygen atoms in total. The molecular weight excluding hydrogens is 343 g/mol. The molecule has 0 aliphatic carbocycles. The molecule has 88 valence electrons. The molecule has 5 heteroatoms. The number of hydrogen-bond donors (Lipinski definition) is 0. The van der Waals surface area contributed by atoms with Crippen molar-refractivity contribution in [2.24, 2.45) is 0 Å². The maximum Gasteiger partial charge on any atom is 0.259 e. The molecule has 1 aromatic heterocycles. The van der Waals surface area contributed by atoms with Gasteiger partial charge in [0, 0.05) is 17.2 Å². The van der Waals surface area contributed by atoms with Crippen LogP contribution in [0.3, 0.4) is 0 Å². The molecule has 0 bridgehead atoms. The number of rotatable bonds is 0. The third-order valence-corrected chi connectivity index (χ3v) is 3.96. The summed E-state index contributed by atoms with van der Waals surface area (Å²) in [5.41, 5.74) is 3.14. The van der Waals surface area contributed by atoms with Gasteiger partial charge in [-0.05, 0) is 24.3 Å². The van der Waals surface area contributed by atoms with Crippen molar-refractivity contribution in [1.29, 1.82) is 5.26 Å². The number of halogens is 1. The van der Waals surface area contributed by atoms with Crippen LogP contribution in [0, 0.1) is 11.3 Å². The van der Waals surface area contributed by atoms with Crippen LogP contribution in [-0.4, -0.2) is 2.78 Å². The average molecular weight is 350 g/mol. The fraction of sp³-hybridized carbons (Fsp3) is 0.0769. The van der Waals surface area contributed by atoms with E-state index in [9.17, 15) is 4.79 Å². The maximum atomic E-state index is 11.6. The Morgan fingerprint density at radius 3 is 2.89 bits per heavy atom. The van der Waals surface area contributed by atoms with E-state index in [0.717, 1.165) is 22.6 Å². The van der Waals surface area contributed by atoms with Crippen LogP contribution in [0.1, 0.15) is 11.3 Å². The van der Waals surface area contributed by atoms with Crippen molar-refractivity contribution in [2.75, 3.05) is 0 Å². The summed E-state index contributed by atoms with van der Waals surface area (Å²) in [6.45, 7) is 0.368. The normalized spacial score (nSPS) is 12.0. The van der Waals surface area contributed by atoms with E-state index in [2.05, 4.69) is 6.07 Å². The van der Waals surface area contributed by atoms with E-state index in [1.807, 2.05) is 22.9 Å². The number of aromatic nitrogens is 1. The minimum Gasteiger partial charge on any atom is -0.487 e. The van der Waals surface area contributed by atoms with E-state index in [0.29, 0.717) is 12.2 Å². The first-order valence-corrected chi connectivity index (χ1v) is 6.25. The fourth-order valence-corrected chi connectivity index (χ4v) is 2.58. The molecule has 0 spiro atoms. The van der Waals surface area contributed by atoms with Gasteiger partial charge in [0.15, 0.2) is 0 Å². The second-order valence-electron chi connectivity index (χ2n) is 3.92. The molecule has 0 unspecified atom stereocenters. The molecule has 1 aliphatic rings. The number of pyridine rings is 1. The van der Waals surface area contributed by atoms with Gasteiger partial charge in [-0.3, -0.25) is 4.79 Å². The molecule has 1 aliphatic heterocycles. The summed E-state index contributed by atoms with van der Waals surface area (Å²) < 4.78 is 7.16. The van der Waals surface area contributed by atoms with Gasteiger partial charge in [0.05, 0.1) is 40.2 Å². The van der Waals surface area contributed by atoms with E-state index in [-0.39, 0.29) is 5.56 Å². The second-order valence-corrected chi connectivity index (χ2v) is 4.89. The molecule has 18 heavy (non-hydrogen) atoms. The summed E-state index contributed by atoms with van der Waals surface area (Å²) >= 11 is 1.96. The lowest BCUT2D eigenvalue weighted by atomic mass is 9.99. The lowest BCUT2D eigenvalue weighted by Crippen LogP contribution is -2.19. The molecule has 0 atom stereocenters. The summed E-state index contributed by atoms with van der Waals surface area (Å²) in [6.07, 6.45) is 0. The van der Waals surface area contributed by atoms with Crippen LogP contribution in [0.25, 0.3) is 11.1 Å². The van der Waals surface area contributed by atoms with Crippen molar-refractivity contribution < 1.29 is 4.74 Å². The zero-order valence-corrected chi connectivity index (χ0v) is 11.3. The smallest absolute Gasteiger partial charge is 0.259 e. The van der Waals surface area contributed by atoms with E-state index in [1.165, 1.54) is 6.07 Å². The SMILES string of the molecule is N#Cc1ccc2c(c1)-c1ccc(=O)n(I)c1CO2. The Labute approximate surface area is 117 Å². The monoisotopic (exact) mass is 350 g/mol. The summed E-state index contributed by atoms with van der Waals surface area (Å²) in [5, 5.41) is 8.94. The van der Waals surface area contributed by atoms with Crippen molar-refractivity contribution in [3.63, 3.8) is 0 Å². The molecule has 0 saturated carbocycles. The standard InChI is InChI=1S/C13H7IN2O2/c14-16-11-7-18-12-3-1-8(6-15)5-10(12)9(11)2-4-13(16)17/h1-5H,7H2. The van der Waals surface area contributed by atoms with Gasteiger partial charge in [-0.15, -0.1) is 0 Å². The van der Waals surface area contributed by atoms with Crippen LogP contribution in [0.15, 0.2) is 35.1 Å².